The maximum absolute atomic E-state index is 13.2. The highest BCUT2D eigenvalue weighted by molar-refractivity contribution is 5.96. The highest BCUT2D eigenvalue weighted by Crippen LogP contribution is 2.63. The fraction of sp³-hybridized carbons (Fsp3) is 0.826. The van der Waals surface area contributed by atoms with Crippen molar-refractivity contribution in [2.45, 2.75) is 78.7 Å². The third-order valence-electron chi connectivity index (χ3n) is 8.79. The summed E-state index contributed by atoms with van der Waals surface area (Å²) in [7, 11) is 0. The van der Waals surface area contributed by atoms with Crippen LogP contribution in [0, 0.1) is 34.5 Å². The zero-order valence-corrected chi connectivity index (χ0v) is 16.8. The largest absolute Gasteiger partial charge is 0.378 e. The van der Waals surface area contributed by atoms with E-state index < -0.39 is 0 Å². The van der Waals surface area contributed by atoms with Crippen LogP contribution in [0.1, 0.15) is 72.6 Å². The van der Waals surface area contributed by atoms with Crippen molar-refractivity contribution in [3.05, 3.63) is 11.6 Å². The molecule has 0 N–H and O–H groups in total. The van der Waals surface area contributed by atoms with Gasteiger partial charge in [0.2, 0.25) is 0 Å². The van der Waals surface area contributed by atoms with Crippen molar-refractivity contribution in [2.24, 2.45) is 34.5 Å². The molecule has 0 spiro atoms. The van der Waals surface area contributed by atoms with Crippen LogP contribution in [0.4, 0.5) is 0 Å². The van der Waals surface area contributed by atoms with Gasteiger partial charge in [0.05, 0.1) is 6.10 Å². The van der Waals surface area contributed by atoms with Crippen LogP contribution in [0.5, 0.6) is 0 Å². The molecule has 0 amide bonds. The van der Waals surface area contributed by atoms with E-state index in [-0.39, 0.29) is 28.8 Å². The smallest absolute Gasteiger partial charge is 0.159 e. The molecule has 0 aromatic heterocycles. The lowest BCUT2D eigenvalue weighted by Gasteiger charge is -2.56. The SMILES string of the molecule is CCOC(C)[C@H]1CC[C@@]2(C)C(=CC(=O)[C@@H]3[C@@H]2CC[C@]2(C)C(=O)CC[C@@H]32)C1. The van der Waals surface area contributed by atoms with E-state index in [0.717, 1.165) is 38.7 Å². The van der Waals surface area contributed by atoms with Gasteiger partial charge in [0.1, 0.15) is 5.78 Å². The number of allylic oxidation sites excluding steroid dienone is 2. The Morgan fingerprint density at radius 1 is 1.12 bits per heavy atom. The Balaban J connectivity index is 1.64. The zero-order valence-electron chi connectivity index (χ0n) is 16.8. The maximum atomic E-state index is 13.2. The Morgan fingerprint density at radius 2 is 1.81 bits per heavy atom. The lowest BCUT2D eigenvalue weighted by Crippen LogP contribution is -2.53. The number of Topliss-reactive ketones (excluding diaryl/α,β-unsaturated/α-hetero) is 1. The van der Waals surface area contributed by atoms with Gasteiger partial charge in [-0.05, 0) is 81.6 Å². The molecule has 3 heteroatoms. The zero-order chi connectivity index (χ0) is 18.7. The summed E-state index contributed by atoms with van der Waals surface area (Å²) in [5.74, 6) is 2.04. The van der Waals surface area contributed by atoms with Crippen LogP contribution in [-0.2, 0) is 14.3 Å². The number of carbonyl (C=O) groups excluding carboxylic acids is 2. The molecule has 7 atom stereocenters. The molecule has 3 fully saturated rings. The first-order valence-electron chi connectivity index (χ1n) is 10.7. The first-order chi connectivity index (χ1) is 12.3. The molecular formula is C23H34O3. The predicted octanol–water partition coefficient (Wildman–Crippen LogP) is 4.74. The monoisotopic (exact) mass is 358 g/mol. The number of fused-ring (bicyclic) bond motifs is 5. The summed E-state index contributed by atoms with van der Waals surface area (Å²) >= 11 is 0. The van der Waals surface area contributed by atoms with E-state index in [1.54, 1.807) is 0 Å². The molecule has 0 saturated heterocycles. The number of carbonyl (C=O) groups is 2. The van der Waals surface area contributed by atoms with E-state index in [1.807, 2.05) is 6.08 Å². The number of ether oxygens (including phenoxy) is 1. The third-order valence-corrected chi connectivity index (χ3v) is 8.79. The summed E-state index contributed by atoms with van der Waals surface area (Å²) in [6, 6.07) is 0. The molecule has 4 rings (SSSR count). The summed E-state index contributed by atoms with van der Waals surface area (Å²) in [4.78, 5) is 25.7. The fourth-order valence-electron chi connectivity index (χ4n) is 7.00. The normalized spacial score (nSPS) is 46.2. The predicted molar refractivity (Wildman–Crippen MR) is 102 cm³/mol. The molecule has 26 heavy (non-hydrogen) atoms. The van der Waals surface area contributed by atoms with Gasteiger partial charge < -0.3 is 4.74 Å². The molecule has 0 heterocycles. The van der Waals surface area contributed by atoms with E-state index in [2.05, 4.69) is 27.7 Å². The van der Waals surface area contributed by atoms with Gasteiger partial charge in [0, 0.05) is 24.4 Å². The van der Waals surface area contributed by atoms with Crippen molar-refractivity contribution in [2.75, 3.05) is 6.61 Å². The van der Waals surface area contributed by atoms with Gasteiger partial charge in [-0.25, -0.2) is 0 Å². The van der Waals surface area contributed by atoms with Gasteiger partial charge >= 0.3 is 0 Å². The molecule has 3 nitrogen and oxygen atoms in total. The van der Waals surface area contributed by atoms with Crippen LogP contribution in [0.2, 0.25) is 0 Å². The molecule has 1 unspecified atom stereocenters. The summed E-state index contributed by atoms with van der Waals surface area (Å²) in [5.41, 5.74) is 1.28. The van der Waals surface area contributed by atoms with Crippen molar-refractivity contribution < 1.29 is 14.3 Å². The quantitative estimate of drug-likeness (QED) is 0.732. The second-order valence-electron chi connectivity index (χ2n) is 9.81. The first-order valence-corrected chi connectivity index (χ1v) is 10.7. The van der Waals surface area contributed by atoms with E-state index in [9.17, 15) is 9.59 Å². The molecule has 4 aliphatic carbocycles. The summed E-state index contributed by atoms with van der Waals surface area (Å²) in [6.45, 7) is 9.54. The van der Waals surface area contributed by atoms with Crippen molar-refractivity contribution in [1.82, 2.24) is 0 Å². The van der Waals surface area contributed by atoms with Crippen molar-refractivity contribution >= 4 is 11.6 Å². The Labute approximate surface area is 157 Å². The molecule has 4 aliphatic rings. The van der Waals surface area contributed by atoms with Crippen LogP contribution in [0.25, 0.3) is 0 Å². The van der Waals surface area contributed by atoms with Gasteiger partial charge in [0.25, 0.3) is 0 Å². The van der Waals surface area contributed by atoms with Crippen LogP contribution in [0.3, 0.4) is 0 Å². The average Bonchev–Trinajstić information content (AvgIpc) is 2.91. The molecule has 144 valence electrons. The van der Waals surface area contributed by atoms with Crippen molar-refractivity contribution in [1.29, 1.82) is 0 Å². The Kier molecular flexibility index (Phi) is 4.45. The second kappa shape index (κ2) is 6.29. The third kappa shape index (κ3) is 2.49. The van der Waals surface area contributed by atoms with Crippen LogP contribution >= 0.6 is 0 Å². The molecule has 0 aliphatic heterocycles. The van der Waals surface area contributed by atoms with Crippen LogP contribution in [0.15, 0.2) is 11.6 Å². The molecule has 3 saturated carbocycles. The summed E-state index contributed by atoms with van der Waals surface area (Å²) in [5, 5.41) is 0. The molecule has 0 aromatic carbocycles. The minimum absolute atomic E-state index is 0.0785. The van der Waals surface area contributed by atoms with Crippen molar-refractivity contribution in [3.63, 3.8) is 0 Å². The number of rotatable bonds is 3. The van der Waals surface area contributed by atoms with E-state index in [0.29, 0.717) is 29.8 Å². The maximum Gasteiger partial charge on any atom is 0.159 e. The van der Waals surface area contributed by atoms with E-state index >= 15 is 0 Å². The van der Waals surface area contributed by atoms with Crippen molar-refractivity contribution in [3.8, 4) is 0 Å². The second-order valence-corrected chi connectivity index (χ2v) is 9.81. The highest BCUT2D eigenvalue weighted by Gasteiger charge is 2.61. The fourth-order valence-corrected chi connectivity index (χ4v) is 7.00. The van der Waals surface area contributed by atoms with Gasteiger partial charge in [0.15, 0.2) is 5.78 Å². The lowest BCUT2D eigenvalue weighted by molar-refractivity contribution is -0.139. The first kappa shape index (κ1) is 18.4. The number of ketones is 2. The Bertz CT molecular complexity index is 650. The van der Waals surface area contributed by atoms with Gasteiger partial charge in [-0.2, -0.15) is 0 Å². The summed E-state index contributed by atoms with van der Waals surface area (Å²) < 4.78 is 5.86. The van der Waals surface area contributed by atoms with E-state index in [1.165, 1.54) is 12.0 Å². The molecule has 0 bridgehead atoms. The minimum Gasteiger partial charge on any atom is -0.378 e. The molecule has 0 radical (unpaired) electrons. The molecular weight excluding hydrogens is 324 g/mol. The number of hydrogen-bond donors (Lipinski definition) is 0. The van der Waals surface area contributed by atoms with Gasteiger partial charge in [-0.3, -0.25) is 9.59 Å². The van der Waals surface area contributed by atoms with Crippen LogP contribution < -0.4 is 0 Å². The van der Waals surface area contributed by atoms with Crippen LogP contribution in [-0.4, -0.2) is 24.3 Å². The topological polar surface area (TPSA) is 43.4 Å². The highest BCUT2D eigenvalue weighted by atomic mass is 16.5. The van der Waals surface area contributed by atoms with Gasteiger partial charge in [-0.15, -0.1) is 0 Å². The Hall–Kier alpha value is -0.960. The standard InChI is InChI=1S/C23H34O3/c1-5-26-14(2)15-8-10-22(3)16(12-15)13-19(24)21-17-6-7-20(25)23(17,4)11-9-18(21)22/h13-15,17-18,21H,5-12H2,1-4H3/t14?,15-,17-,18-,21-,22-,23-/m0/s1. The Morgan fingerprint density at radius 3 is 2.54 bits per heavy atom. The average molecular weight is 359 g/mol. The lowest BCUT2D eigenvalue weighted by atomic mass is 9.47. The minimum atomic E-state index is -0.237. The molecule has 0 aromatic rings. The van der Waals surface area contributed by atoms with E-state index in [4.69, 9.17) is 4.74 Å². The summed E-state index contributed by atoms with van der Waals surface area (Å²) in [6.07, 6.45) is 9.24. The number of hydrogen-bond acceptors (Lipinski definition) is 3. The van der Waals surface area contributed by atoms with Gasteiger partial charge in [-0.1, -0.05) is 19.4 Å².